The van der Waals surface area contributed by atoms with Gasteiger partial charge in [0, 0.05) is 11.8 Å². The zero-order valence-electron chi connectivity index (χ0n) is 8.61. The van der Waals surface area contributed by atoms with Crippen molar-refractivity contribution < 1.29 is 17.8 Å². The third-order valence-corrected chi connectivity index (χ3v) is 4.39. The molecule has 15 heavy (non-hydrogen) atoms. The fourth-order valence-corrected chi connectivity index (χ4v) is 2.87. The lowest BCUT2D eigenvalue weighted by Gasteiger charge is -2.37. The molecule has 1 aliphatic rings. The number of nitrogens with zero attached hydrogens (tertiary/aromatic N) is 1. The van der Waals surface area contributed by atoms with Crippen molar-refractivity contribution in [3.05, 3.63) is 0 Å². The number of halogens is 1. The molecule has 0 aromatic heterocycles. The Balaban J connectivity index is 3.10. The first kappa shape index (κ1) is 12.5. The lowest BCUT2D eigenvalue weighted by molar-refractivity contribution is 0.207. The standard InChI is InChI=1S/C7H13ClN2O4S/c1-6(2)7(3,4-15(12,13)14)9-5(11)10(6)8/h4H2,1-3H3,(H,9,11)(H,12,13,14). The Hall–Kier alpha value is -0.530. The van der Waals surface area contributed by atoms with Gasteiger partial charge in [0.15, 0.2) is 0 Å². The van der Waals surface area contributed by atoms with Crippen LogP contribution in [0.15, 0.2) is 0 Å². The van der Waals surface area contributed by atoms with E-state index >= 15 is 0 Å². The molecule has 0 aromatic rings. The van der Waals surface area contributed by atoms with Gasteiger partial charge in [0.2, 0.25) is 0 Å². The molecule has 6 nitrogen and oxygen atoms in total. The van der Waals surface area contributed by atoms with Crippen molar-refractivity contribution in [3.63, 3.8) is 0 Å². The largest absolute Gasteiger partial charge is 0.333 e. The molecular formula is C7H13ClN2O4S. The van der Waals surface area contributed by atoms with Crippen LogP contribution >= 0.6 is 11.8 Å². The minimum absolute atomic E-state index is 0.576. The molecule has 2 N–H and O–H groups in total. The molecule has 0 radical (unpaired) electrons. The second-order valence-corrected chi connectivity index (χ2v) is 6.12. The number of hydrogen-bond donors (Lipinski definition) is 2. The molecule has 1 rings (SSSR count). The van der Waals surface area contributed by atoms with Crippen molar-refractivity contribution >= 4 is 27.9 Å². The minimum Gasteiger partial charge on any atom is -0.328 e. The maximum atomic E-state index is 11.3. The van der Waals surface area contributed by atoms with E-state index in [2.05, 4.69) is 5.32 Å². The van der Waals surface area contributed by atoms with Gasteiger partial charge in [0.05, 0.1) is 11.1 Å². The van der Waals surface area contributed by atoms with E-state index < -0.39 is 33.0 Å². The van der Waals surface area contributed by atoms with Crippen molar-refractivity contribution in [1.29, 1.82) is 0 Å². The van der Waals surface area contributed by atoms with Gasteiger partial charge in [-0.2, -0.15) is 8.42 Å². The molecular weight excluding hydrogens is 244 g/mol. The fraction of sp³-hybridized carbons (Fsp3) is 0.857. The van der Waals surface area contributed by atoms with Gasteiger partial charge in [-0.05, 0) is 20.8 Å². The van der Waals surface area contributed by atoms with Crippen LogP contribution in [0, 0.1) is 0 Å². The van der Waals surface area contributed by atoms with E-state index in [9.17, 15) is 13.2 Å². The summed E-state index contributed by atoms with van der Waals surface area (Å²) in [7, 11) is -4.18. The molecule has 0 saturated carbocycles. The smallest absolute Gasteiger partial charge is 0.328 e. The maximum absolute atomic E-state index is 11.3. The topological polar surface area (TPSA) is 86.7 Å². The maximum Gasteiger partial charge on any atom is 0.333 e. The Labute approximate surface area is 93.4 Å². The summed E-state index contributed by atoms with van der Waals surface area (Å²) >= 11 is 5.71. The van der Waals surface area contributed by atoms with E-state index in [1.54, 1.807) is 13.8 Å². The number of nitrogens with one attached hydrogen (secondary N) is 1. The van der Waals surface area contributed by atoms with Gasteiger partial charge in [-0.25, -0.2) is 9.21 Å². The van der Waals surface area contributed by atoms with Crippen molar-refractivity contribution in [3.8, 4) is 0 Å². The predicted molar refractivity (Wildman–Crippen MR) is 55.1 cm³/mol. The summed E-state index contributed by atoms with van der Waals surface area (Å²) in [6.45, 7) is 4.74. The Morgan fingerprint density at radius 1 is 1.47 bits per heavy atom. The lowest BCUT2D eigenvalue weighted by atomic mass is 9.84. The Morgan fingerprint density at radius 3 is 2.20 bits per heavy atom. The van der Waals surface area contributed by atoms with Crippen LogP contribution < -0.4 is 5.32 Å². The molecule has 0 aromatic carbocycles. The van der Waals surface area contributed by atoms with Crippen molar-refractivity contribution in [1.82, 2.24) is 9.74 Å². The Bertz CT molecular complexity index is 394. The monoisotopic (exact) mass is 256 g/mol. The number of carbonyl (C=O) groups is 1. The summed E-state index contributed by atoms with van der Waals surface area (Å²) in [5.74, 6) is -0.581. The molecule has 0 aliphatic carbocycles. The average molecular weight is 257 g/mol. The van der Waals surface area contributed by atoms with E-state index in [0.717, 1.165) is 4.42 Å². The third-order valence-electron chi connectivity index (χ3n) is 2.87. The van der Waals surface area contributed by atoms with Crippen LogP contribution in [0.4, 0.5) is 4.79 Å². The Morgan fingerprint density at radius 2 is 1.93 bits per heavy atom. The first-order valence-corrected chi connectivity index (χ1v) is 6.18. The molecule has 1 heterocycles. The molecule has 8 heteroatoms. The summed E-state index contributed by atoms with van der Waals surface area (Å²) in [4.78, 5) is 11.3. The first-order chi connectivity index (χ1) is 6.50. The van der Waals surface area contributed by atoms with Crippen molar-refractivity contribution in [2.24, 2.45) is 0 Å². The first-order valence-electron chi connectivity index (χ1n) is 4.23. The molecule has 1 fully saturated rings. The second-order valence-electron chi connectivity index (χ2n) is 4.33. The average Bonchev–Trinajstić information content (AvgIpc) is 2.09. The van der Waals surface area contributed by atoms with Gasteiger partial charge < -0.3 is 5.32 Å². The normalized spacial score (nSPS) is 30.5. The summed E-state index contributed by atoms with van der Waals surface area (Å²) in [6.07, 6.45) is 0. The Kier molecular flexibility index (Phi) is 2.70. The predicted octanol–water partition coefficient (Wildman–Crippen LogP) is 0.590. The van der Waals surface area contributed by atoms with E-state index in [1.807, 2.05) is 0 Å². The molecule has 88 valence electrons. The quantitative estimate of drug-likeness (QED) is 0.559. The van der Waals surface area contributed by atoms with E-state index in [0.29, 0.717) is 0 Å². The lowest BCUT2D eigenvalue weighted by Crippen LogP contribution is -2.57. The van der Waals surface area contributed by atoms with Crippen LogP contribution in [-0.4, -0.2) is 40.3 Å². The van der Waals surface area contributed by atoms with Gasteiger partial charge in [0.25, 0.3) is 10.1 Å². The highest BCUT2D eigenvalue weighted by atomic mass is 35.5. The van der Waals surface area contributed by atoms with Crippen LogP contribution in [0.25, 0.3) is 0 Å². The molecule has 0 bridgehead atoms. The van der Waals surface area contributed by atoms with Crippen LogP contribution in [0.5, 0.6) is 0 Å². The van der Waals surface area contributed by atoms with Gasteiger partial charge >= 0.3 is 6.03 Å². The highest BCUT2D eigenvalue weighted by molar-refractivity contribution is 7.85. The van der Waals surface area contributed by atoms with Gasteiger partial charge in [0.1, 0.15) is 5.75 Å². The van der Waals surface area contributed by atoms with Crippen LogP contribution in [0.2, 0.25) is 0 Å². The number of hydrogen-bond acceptors (Lipinski definition) is 3. The number of rotatable bonds is 2. The van der Waals surface area contributed by atoms with E-state index in [-0.39, 0.29) is 0 Å². The van der Waals surface area contributed by atoms with Crippen LogP contribution in [0.3, 0.4) is 0 Å². The summed E-state index contributed by atoms with van der Waals surface area (Å²) < 4.78 is 31.4. The fourth-order valence-electron chi connectivity index (χ4n) is 1.49. The summed E-state index contributed by atoms with van der Waals surface area (Å²) in [6, 6.07) is -0.576. The number of urea groups is 1. The summed E-state index contributed by atoms with van der Waals surface area (Å²) in [5, 5.41) is 2.44. The highest BCUT2D eigenvalue weighted by Gasteiger charge is 2.56. The zero-order chi connectivity index (χ0) is 12.1. The SMILES string of the molecule is CC1(CS(=O)(=O)O)NC(=O)N(Cl)C1(C)C. The minimum atomic E-state index is -4.18. The van der Waals surface area contributed by atoms with Crippen LogP contribution in [-0.2, 0) is 10.1 Å². The molecule has 1 saturated heterocycles. The summed E-state index contributed by atoms with van der Waals surface area (Å²) in [5.41, 5.74) is -2.04. The van der Waals surface area contributed by atoms with Gasteiger partial charge in [-0.1, -0.05) is 0 Å². The molecule has 2 amide bonds. The highest BCUT2D eigenvalue weighted by Crippen LogP contribution is 2.36. The molecule has 0 spiro atoms. The molecule has 1 aliphatic heterocycles. The van der Waals surface area contributed by atoms with Crippen LogP contribution in [0.1, 0.15) is 20.8 Å². The number of amides is 2. The number of carbonyl (C=O) groups excluding carboxylic acids is 1. The van der Waals surface area contributed by atoms with Crippen molar-refractivity contribution in [2.75, 3.05) is 5.75 Å². The van der Waals surface area contributed by atoms with Gasteiger partial charge in [-0.15, -0.1) is 0 Å². The van der Waals surface area contributed by atoms with E-state index in [4.69, 9.17) is 16.3 Å². The second kappa shape index (κ2) is 3.23. The third kappa shape index (κ3) is 2.04. The molecule has 1 atom stereocenters. The van der Waals surface area contributed by atoms with Crippen molar-refractivity contribution in [2.45, 2.75) is 31.8 Å². The van der Waals surface area contributed by atoms with Gasteiger partial charge in [-0.3, -0.25) is 4.55 Å². The zero-order valence-corrected chi connectivity index (χ0v) is 10.2. The molecule has 1 unspecified atom stereocenters. The van der Waals surface area contributed by atoms with E-state index in [1.165, 1.54) is 6.92 Å².